The molecule has 0 spiro atoms. The van der Waals surface area contributed by atoms with Crippen LogP contribution in [0.1, 0.15) is 16.1 Å². The molecule has 2 aromatic carbocycles. The van der Waals surface area contributed by atoms with Crippen molar-refractivity contribution in [2.24, 2.45) is 0 Å². The number of fused-ring (bicyclic) bond motifs is 2. The number of hydrogen-bond acceptors (Lipinski definition) is 3. The molecule has 1 amide bonds. The summed E-state index contributed by atoms with van der Waals surface area (Å²) in [5.74, 6) is 0.430. The van der Waals surface area contributed by atoms with Crippen molar-refractivity contribution < 1.29 is 18.7 Å². The first kappa shape index (κ1) is 14.6. The Morgan fingerprint density at radius 1 is 1.17 bits per heavy atom. The van der Waals surface area contributed by atoms with Gasteiger partial charge in [-0.25, -0.2) is 4.39 Å². The van der Waals surface area contributed by atoms with Gasteiger partial charge in [0.25, 0.3) is 5.91 Å². The normalized spacial score (nSPS) is 13.1. The molecule has 3 aromatic rings. The van der Waals surface area contributed by atoms with Crippen molar-refractivity contribution in [3.05, 3.63) is 53.5 Å². The molecular formula is C18H15FN2O3. The maximum absolute atomic E-state index is 14.1. The molecule has 0 radical (unpaired) electrons. The number of rotatable bonds is 2. The highest BCUT2D eigenvalue weighted by molar-refractivity contribution is 6.14. The number of H-pyrrole nitrogens is 1. The maximum Gasteiger partial charge on any atom is 0.258 e. The molecule has 24 heavy (non-hydrogen) atoms. The van der Waals surface area contributed by atoms with E-state index in [1.54, 1.807) is 37.3 Å². The van der Waals surface area contributed by atoms with E-state index in [1.165, 1.54) is 6.07 Å². The smallest absolute Gasteiger partial charge is 0.258 e. The third-order valence-corrected chi connectivity index (χ3v) is 3.99. The lowest BCUT2D eigenvalue weighted by Crippen LogP contribution is -2.16. The Bertz CT molecular complexity index is 949. The van der Waals surface area contributed by atoms with E-state index in [1.807, 2.05) is 0 Å². The van der Waals surface area contributed by atoms with Crippen molar-refractivity contribution >= 4 is 22.5 Å². The lowest BCUT2D eigenvalue weighted by molar-refractivity contribution is 0.102. The summed E-state index contributed by atoms with van der Waals surface area (Å²) in [6, 6.07) is 9.87. The fourth-order valence-electron chi connectivity index (χ4n) is 2.93. The zero-order valence-corrected chi connectivity index (χ0v) is 13.0. The third-order valence-electron chi connectivity index (χ3n) is 3.99. The molecule has 0 aliphatic carbocycles. The van der Waals surface area contributed by atoms with Gasteiger partial charge < -0.3 is 19.8 Å². The van der Waals surface area contributed by atoms with E-state index in [0.29, 0.717) is 52.6 Å². The standard InChI is InChI=1S/C18H15FN2O3/c1-10-16(17-12(19)3-2-4-13(17)20-10)18(22)21-11-5-6-14-15(9-11)24-8-7-23-14/h2-6,9,20H,7-8H2,1H3,(H,21,22). The van der Waals surface area contributed by atoms with E-state index in [2.05, 4.69) is 10.3 Å². The SMILES string of the molecule is Cc1[nH]c2cccc(F)c2c1C(=O)Nc1ccc2c(c1)OCCO2. The number of aromatic nitrogens is 1. The molecule has 122 valence electrons. The Labute approximate surface area is 137 Å². The van der Waals surface area contributed by atoms with Gasteiger partial charge in [0.1, 0.15) is 19.0 Å². The lowest BCUT2D eigenvalue weighted by atomic mass is 10.1. The number of carbonyl (C=O) groups excluding carboxylic acids is 1. The number of aryl methyl sites for hydroxylation is 1. The molecule has 0 saturated heterocycles. The van der Waals surface area contributed by atoms with Crippen molar-refractivity contribution in [3.63, 3.8) is 0 Å². The summed E-state index contributed by atoms with van der Waals surface area (Å²) in [7, 11) is 0. The zero-order valence-electron chi connectivity index (χ0n) is 13.0. The predicted octanol–water partition coefficient (Wildman–Crippen LogP) is 3.64. The van der Waals surface area contributed by atoms with Crippen LogP contribution >= 0.6 is 0 Å². The molecule has 1 aromatic heterocycles. The van der Waals surface area contributed by atoms with E-state index in [0.717, 1.165) is 0 Å². The van der Waals surface area contributed by atoms with Crippen LogP contribution in [-0.2, 0) is 0 Å². The Kier molecular flexibility index (Phi) is 3.37. The van der Waals surface area contributed by atoms with Crippen LogP contribution < -0.4 is 14.8 Å². The lowest BCUT2D eigenvalue weighted by Gasteiger charge is -2.19. The van der Waals surface area contributed by atoms with Gasteiger partial charge in [0, 0.05) is 28.4 Å². The Morgan fingerprint density at radius 3 is 2.79 bits per heavy atom. The molecule has 5 nitrogen and oxygen atoms in total. The summed E-state index contributed by atoms with van der Waals surface area (Å²) < 4.78 is 25.1. The van der Waals surface area contributed by atoms with Gasteiger partial charge in [-0.05, 0) is 31.2 Å². The third kappa shape index (κ3) is 2.36. The van der Waals surface area contributed by atoms with Crippen molar-refractivity contribution in [1.82, 2.24) is 4.98 Å². The molecule has 0 fully saturated rings. The minimum absolute atomic E-state index is 0.296. The van der Waals surface area contributed by atoms with E-state index in [9.17, 15) is 9.18 Å². The molecule has 6 heteroatoms. The second kappa shape index (κ2) is 5.56. The van der Waals surface area contributed by atoms with Crippen LogP contribution in [0.4, 0.5) is 10.1 Å². The minimum atomic E-state index is -0.427. The highest BCUT2D eigenvalue weighted by Crippen LogP contribution is 2.33. The number of hydrogen-bond donors (Lipinski definition) is 2. The quantitative estimate of drug-likeness (QED) is 0.756. The summed E-state index contributed by atoms with van der Waals surface area (Å²) >= 11 is 0. The van der Waals surface area contributed by atoms with Gasteiger partial charge in [-0.15, -0.1) is 0 Å². The number of nitrogens with one attached hydrogen (secondary N) is 2. The minimum Gasteiger partial charge on any atom is -0.486 e. The predicted molar refractivity (Wildman–Crippen MR) is 88.4 cm³/mol. The topological polar surface area (TPSA) is 63.4 Å². The fraction of sp³-hybridized carbons (Fsp3) is 0.167. The molecule has 0 atom stereocenters. The van der Waals surface area contributed by atoms with Crippen LogP contribution in [0.3, 0.4) is 0 Å². The zero-order chi connectivity index (χ0) is 16.7. The number of ether oxygens (including phenoxy) is 2. The van der Waals surface area contributed by atoms with Crippen LogP contribution in [-0.4, -0.2) is 24.1 Å². The van der Waals surface area contributed by atoms with Gasteiger partial charge in [0.2, 0.25) is 0 Å². The average molecular weight is 326 g/mol. The number of benzene rings is 2. The Morgan fingerprint density at radius 2 is 1.96 bits per heavy atom. The largest absolute Gasteiger partial charge is 0.486 e. The molecule has 2 heterocycles. The van der Waals surface area contributed by atoms with E-state index in [4.69, 9.17) is 9.47 Å². The molecule has 0 bridgehead atoms. The highest BCUT2D eigenvalue weighted by Gasteiger charge is 2.20. The molecule has 1 aliphatic heterocycles. The summed E-state index contributed by atoms with van der Waals surface area (Å²) in [6.07, 6.45) is 0. The van der Waals surface area contributed by atoms with Crippen molar-refractivity contribution in [2.45, 2.75) is 6.92 Å². The molecule has 1 aliphatic rings. The summed E-state index contributed by atoms with van der Waals surface area (Å²) in [5, 5.41) is 3.09. The number of carbonyl (C=O) groups is 1. The summed E-state index contributed by atoms with van der Waals surface area (Å²) in [6.45, 7) is 2.72. The van der Waals surface area contributed by atoms with Gasteiger partial charge in [0.05, 0.1) is 5.56 Å². The van der Waals surface area contributed by atoms with Gasteiger partial charge in [0.15, 0.2) is 11.5 Å². The fourth-order valence-corrected chi connectivity index (χ4v) is 2.93. The highest BCUT2D eigenvalue weighted by atomic mass is 19.1. The molecule has 2 N–H and O–H groups in total. The van der Waals surface area contributed by atoms with Crippen LogP contribution in [0.5, 0.6) is 11.5 Å². The Balaban J connectivity index is 1.69. The van der Waals surface area contributed by atoms with E-state index in [-0.39, 0.29) is 5.91 Å². The second-order valence-corrected chi connectivity index (χ2v) is 5.60. The molecule has 0 saturated carbocycles. The first-order valence-corrected chi connectivity index (χ1v) is 7.61. The molecule has 4 rings (SSSR count). The maximum atomic E-state index is 14.1. The number of amides is 1. The monoisotopic (exact) mass is 326 g/mol. The number of aromatic amines is 1. The van der Waals surface area contributed by atoms with E-state index >= 15 is 0 Å². The Hall–Kier alpha value is -3.02. The number of anilines is 1. The van der Waals surface area contributed by atoms with Crippen LogP contribution in [0.25, 0.3) is 10.9 Å². The van der Waals surface area contributed by atoms with Gasteiger partial charge in [-0.1, -0.05) is 6.07 Å². The average Bonchev–Trinajstić information content (AvgIpc) is 2.92. The van der Waals surface area contributed by atoms with Crippen LogP contribution in [0.15, 0.2) is 36.4 Å². The first-order chi connectivity index (χ1) is 11.6. The van der Waals surface area contributed by atoms with E-state index < -0.39 is 5.82 Å². The van der Waals surface area contributed by atoms with Crippen molar-refractivity contribution in [3.8, 4) is 11.5 Å². The van der Waals surface area contributed by atoms with Gasteiger partial charge in [-0.2, -0.15) is 0 Å². The van der Waals surface area contributed by atoms with Crippen LogP contribution in [0, 0.1) is 12.7 Å². The van der Waals surface area contributed by atoms with Gasteiger partial charge >= 0.3 is 0 Å². The summed E-state index contributed by atoms with van der Waals surface area (Å²) in [5.41, 5.74) is 2.08. The molecular weight excluding hydrogens is 311 g/mol. The second-order valence-electron chi connectivity index (χ2n) is 5.60. The van der Waals surface area contributed by atoms with Crippen molar-refractivity contribution in [2.75, 3.05) is 18.5 Å². The van der Waals surface area contributed by atoms with Crippen LogP contribution in [0.2, 0.25) is 0 Å². The molecule has 0 unspecified atom stereocenters. The number of halogens is 1. The summed E-state index contributed by atoms with van der Waals surface area (Å²) in [4.78, 5) is 15.7. The van der Waals surface area contributed by atoms with Crippen molar-refractivity contribution in [1.29, 1.82) is 0 Å². The first-order valence-electron chi connectivity index (χ1n) is 7.61. The van der Waals surface area contributed by atoms with Gasteiger partial charge in [-0.3, -0.25) is 4.79 Å².